The van der Waals surface area contributed by atoms with Gasteiger partial charge in [0.05, 0.1) is 13.2 Å². The van der Waals surface area contributed by atoms with Crippen LogP contribution in [0.25, 0.3) is 0 Å². The second-order valence-electron chi connectivity index (χ2n) is 4.53. The summed E-state index contributed by atoms with van der Waals surface area (Å²) in [5.41, 5.74) is 6.20. The van der Waals surface area contributed by atoms with Gasteiger partial charge in [0, 0.05) is 11.0 Å². The molecule has 0 unspecified atom stereocenters. The first-order valence-corrected chi connectivity index (χ1v) is 4.27. The molecule has 1 aliphatic rings. The molecule has 0 saturated carbocycles. The molecule has 1 aliphatic heterocycles. The van der Waals surface area contributed by atoms with E-state index in [4.69, 9.17) is 10.5 Å². The molecule has 11 heavy (non-hydrogen) atoms. The third kappa shape index (κ3) is 1.18. The van der Waals surface area contributed by atoms with Gasteiger partial charge < -0.3 is 10.5 Å². The number of ether oxygens (including phenoxy) is 1. The predicted molar refractivity (Wildman–Crippen MR) is 46.4 cm³/mol. The highest BCUT2D eigenvalue weighted by Gasteiger charge is 2.50. The van der Waals surface area contributed by atoms with Crippen LogP contribution in [0.2, 0.25) is 0 Å². The summed E-state index contributed by atoms with van der Waals surface area (Å²) in [6, 6.07) is 0. The Hall–Kier alpha value is -0.0800. The van der Waals surface area contributed by atoms with Crippen LogP contribution < -0.4 is 5.73 Å². The molecule has 0 atom stereocenters. The van der Waals surface area contributed by atoms with Crippen LogP contribution in [0.1, 0.15) is 27.7 Å². The maximum Gasteiger partial charge on any atom is 0.0564 e. The van der Waals surface area contributed by atoms with Gasteiger partial charge in [-0.25, -0.2) is 0 Å². The van der Waals surface area contributed by atoms with Crippen molar-refractivity contribution >= 4 is 0 Å². The molecule has 66 valence electrons. The van der Waals surface area contributed by atoms with E-state index in [1.54, 1.807) is 0 Å². The lowest BCUT2D eigenvalue weighted by Crippen LogP contribution is -2.64. The molecule has 0 radical (unpaired) electrons. The molecule has 1 rings (SSSR count). The minimum Gasteiger partial charge on any atom is -0.380 e. The van der Waals surface area contributed by atoms with E-state index < -0.39 is 0 Å². The first-order chi connectivity index (χ1) is 4.90. The van der Waals surface area contributed by atoms with Crippen LogP contribution in [0.3, 0.4) is 0 Å². The maximum absolute atomic E-state index is 6.10. The number of nitrogens with two attached hydrogens (primary N) is 1. The molecule has 0 aromatic heterocycles. The summed E-state index contributed by atoms with van der Waals surface area (Å²) >= 11 is 0. The number of rotatable bonds is 2. The van der Waals surface area contributed by atoms with Gasteiger partial charge in [0.25, 0.3) is 0 Å². The van der Waals surface area contributed by atoms with Crippen LogP contribution >= 0.6 is 0 Å². The van der Waals surface area contributed by atoms with Gasteiger partial charge in [-0.3, -0.25) is 0 Å². The Morgan fingerprint density at radius 2 is 1.82 bits per heavy atom. The van der Waals surface area contributed by atoms with Crippen LogP contribution in [0, 0.1) is 11.3 Å². The van der Waals surface area contributed by atoms with Gasteiger partial charge in [-0.1, -0.05) is 13.8 Å². The second-order valence-corrected chi connectivity index (χ2v) is 4.53. The number of hydrogen-bond acceptors (Lipinski definition) is 2. The highest BCUT2D eigenvalue weighted by molar-refractivity contribution is 5.02. The van der Waals surface area contributed by atoms with Crippen molar-refractivity contribution in [3.8, 4) is 0 Å². The van der Waals surface area contributed by atoms with Crippen molar-refractivity contribution in [1.82, 2.24) is 0 Å². The molecule has 1 fully saturated rings. The van der Waals surface area contributed by atoms with Gasteiger partial charge in [0.15, 0.2) is 0 Å². The minimum atomic E-state index is -0.112. The van der Waals surface area contributed by atoms with E-state index >= 15 is 0 Å². The molecule has 0 aromatic carbocycles. The minimum absolute atomic E-state index is 0.112. The number of hydrogen-bond donors (Lipinski definition) is 1. The van der Waals surface area contributed by atoms with Gasteiger partial charge in [-0.05, 0) is 19.8 Å². The largest absolute Gasteiger partial charge is 0.380 e. The zero-order valence-corrected chi connectivity index (χ0v) is 7.98. The van der Waals surface area contributed by atoms with E-state index in [0.29, 0.717) is 5.92 Å². The summed E-state index contributed by atoms with van der Waals surface area (Å²) in [4.78, 5) is 0. The molecule has 1 heterocycles. The average Bonchev–Trinajstić information content (AvgIpc) is 1.52. The summed E-state index contributed by atoms with van der Waals surface area (Å²) in [5, 5.41) is 0. The van der Waals surface area contributed by atoms with Crippen molar-refractivity contribution in [3.05, 3.63) is 0 Å². The first-order valence-electron chi connectivity index (χ1n) is 4.27. The monoisotopic (exact) mass is 157 g/mol. The van der Waals surface area contributed by atoms with Gasteiger partial charge in [0.1, 0.15) is 0 Å². The van der Waals surface area contributed by atoms with Gasteiger partial charge >= 0.3 is 0 Å². The first kappa shape index (κ1) is 9.01. The molecule has 1 saturated heterocycles. The van der Waals surface area contributed by atoms with Crippen molar-refractivity contribution in [2.45, 2.75) is 33.2 Å². The van der Waals surface area contributed by atoms with Crippen LogP contribution in [0.5, 0.6) is 0 Å². The fourth-order valence-electron chi connectivity index (χ4n) is 1.77. The summed E-state index contributed by atoms with van der Waals surface area (Å²) in [6.07, 6.45) is 0. The van der Waals surface area contributed by atoms with Gasteiger partial charge in [-0.15, -0.1) is 0 Å². The van der Waals surface area contributed by atoms with E-state index in [9.17, 15) is 0 Å². The molecular weight excluding hydrogens is 138 g/mol. The predicted octanol–water partition coefficient (Wildman–Crippen LogP) is 1.40. The molecule has 0 aliphatic carbocycles. The lowest BCUT2D eigenvalue weighted by atomic mass is 9.63. The van der Waals surface area contributed by atoms with Crippen molar-refractivity contribution in [2.75, 3.05) is 13.2 Å². The van der Waals surface area contributed by atoms with Crippen molar-refractivity contribution in [2.24, 2.45) is 17.1 Å². The second kappa shape index (κ2) is 2.46. The topological polar surface area (TPSA) is 35.2 Å². The summed E-state index contributed by atoms with van der Waals surface area (Å²) in [6.45, 7) is 10.3. The molecule has 2 nitrogen and oxygen atoms in total. The quantitative estimate of drug-likeness (QED) is 0.657. The van der Waals surface area contributed by atoms with Crippen molar-refractivity contribution < 1.29 is 4.74 Å². The summed E-state index contributed by atoms with van der Waals surface area (Å²) in [7, 11) is 0. The maximum atomic E-state index is 6.10. The van der Waals surface area contributed by atoms with E-state index in [1.165, 1.54) is 0 Å². The molecule has 0 amide bonds. The Kier molecular flexibility index (Phi) is 2.01. The highest BCUT2D eigenvalue weighted by Crippen LogP contribution is 2.43. The molecule has 2 heteroatoms. The van der Waals surface area contributed by atoms with Crippen LogP contribution in [0.15, 0.2) is 0 Å². The Bertz CT molecular complexity index is 142. The zero-order valence-electron chi connectivity index (χ0n) is 7.98. The van der Waals surface area contributed by atoms with Crippen molar-refractivity contribution in [1.29, 1.82) is 0 Å². The van der Waals surface area contributed by atoms with Gasteiger partial charge in [0.2, 0.25) is 0 Å². The van der Waals surface area contributed by atoms with Crippen LogP contribution in [0.4, 0.5) is 0 Å². The van der Waals surface area contributed by atoms with E-state index in [0.717, 1.165) is 13.2 Å². The van der Waals surface area contributed by atoms with E-state index in [1.807, 2.05) is 0 Å². The average molecular weight is 157 g/mol. The normalized spacial score (nSPS) is 23.5. The highest BCUT2D eigenvalue weighted by atomic mass is 16.5. The molecule has 0 spiro atoms. The lowest BCUT2D eigenvalue weighted by molar-refractivity contribution is -0.172. The molecule has 0 aromatic rings. The van der Waals surface area contributed by atoms with Gasteiger partial charge in [-0.2, -0.15) is 0 Å². The fourth-order valence-corrected chi connectivity index (χ4v) is 1.77. The smallest absolute Gasteiger partial charge is 0.0564 e. The zero-order chi connectivity index (χ0) is 8.70. The molecule has 2 N–H and O–H groups in total. The Morgan fingerprint density at radius 1 is 1.36 bits per heavy atom. The fraction of sp³-hybridized carbons (Fsp3) is 1.00. The third-order valence-corrected chi connectivity index (χ3v) is 3.11. The van der Waals surface area contributed by atoms with E-state index in [2.05, 4.69) is 27.7 Å². The summed E-state index contributed by atoms with van der Waals surface area (Å²) < 4.78 is 5.25. The molecule has 0 bridgehead atoms. The lowest BCUT2D eigenvalue weighted by Gasteiger charge is -2.53. The van der Waals surface area contributed by atoms with Crippen LogP contribution in [-0.2, 0) is 4.74 Å². The molecular formula is C9H19NO. The van der Waals surface area contributed by atoms with Crippen LogP contribution in [-0.4, -0.2) is 18.8 Å². The van der Waals surface area contributed by atoms with Crippen molar-refractivity contribution in [3.63, 3.8) is 0 Å². The standard InChI is InChI=1S/C9H19NO/c1-7(2)9(5-11-6-9)8(3,4)10/h7H,5-6,10H2,1-4H3. The SMILES string of the molecule is CC(C)C1(C(C)(C)N)COC1. The third-order valence-electron chi connectivity index (χ3n) is 3.11. The Labute approximate surface area is 69.1 Å². The Morgan fingerprint density at radius 3 is 1.82 bits per heavy atom. The Balaban J connectivity index is 2.76. The summed E-state index contributed by atoms with van der Waals surface area (Å²) in [5.74, 6) is 0.608. The van der Waals surface area contributed by atoms with E-state index in [-0.39, 0.29) is 11.0 Å².